The van der Waals surface area contributed by atoms with Crippen LogP contribution in [0.5, 0.6) is 17.2 Å². The highest BCUT2D eigenvalue weighted by molar-refractivity contribution is 5.71. The molecule has 4 rings (SSSR count). The Morgan fingerprint density at radius 1 is 0.600 bits per heavy atom. The summed E-state index contributed by atoms with van der Waals surface area (Å²) < 4.78 is 27.4. The van der Waals surface area contributed by atoms with Crippen LogP contribution in [-0.4, -0.2) is 123 Å². The molecule has 2 aliphatic heterocycles. The minimum atomic E-state index is -1.58. The maximum Gasteiger partial charge on any atom is 0.229 e. The molecule has 10 atom stereocenters. The van der Waals surface area contributed by atoms with E-state index in [1.807, 2.05) is 0 Å². The number of rotatable bonds is 9. The van der Waals surface area contributed by atoms with Gasteiger partial charge in [0.15, 0.2) is 0 Å². The van der Waals surface area contributed by atoms with Crippen molar-refractivity contribution < 1.29 is 64.5 Å². The number of ether oxygens (including phenoxy) is 5. The zero-order valence-corrected chi connectivity index (χ0v) is 21.5. The van der Waals surface area contributed by atoms with Crippen molar-refractivity contribution in [2.75, 3.05) is 20.3 Å². The van der Waals surface area contributed by atoms with Gasteiger partial charge in [0.1, 0.15) is 66.1 Å². The molecule has 8 N–H and O–H groups in total. The summed E-state index contributed by atoms with van der Waals surface area (Å²) in [7, 11) is 1.47. The monoisotopic (exact) mass is 566 g/mol. The number of hydrogen-bond acceptors (Lipinski definition) is 13. The van der Waals surface area contributed by atoms with Crippen molar-refractivity contribution in [1.82, 2.24) is 0 Å². The zero-order valence-electron chi connectivity index (χ0n) is 21.5. The van der Waals surface area contributed by atoms with Gasteiger partial charge >= 0.3 is 0 Å². The Kier molecular flexibility index (Phi) is 9.97. The second-order valence-electron chi connectivity index (χ2n) is 9.47. The quantitative estimate of drug-likeness (QED) is 0.158. The third-order valence-corrected chi connectivity index (χ3v) is 6.69. The van der Waals surface area contributed by atoms with E-state index in [9.17, 15) is 40.9 Å². The summed E-state index contributed by atoms with van der Waals surface area (Å²) in [5.41, 5.74) is 1.42. The topological polar surface area (TPSA) is 208 Å². The Hall–Kier alpha value is -2.82. The van der Waals surface area contributed by atoms with Gasteiger partial charge < -0.3 is 64.5 Å². The fraction of sp³-hybridized carbons (Fsp3) is 0.481. The number of benzene rings is 2. The van der Waals surface area contributed by atoms with E-state index in [2.05, 4.69) is 0 Å². The van der Waals surface area contributed by atoms with Gasteiger partial charge in [-0.05, 0) is 35.4 Å². The van der Waals surface area contributed by atoms with Crippen molar-refractivity contribution in [2.24, 2.45) is 0 Å². The third-order valence-electron chi connectivity index (χ3n) is 6.69. The Bertz CT molecular complexity index is 1120. The van der Waals surface area contributed by atoms with Gasteiger partial charge in [0.2, 0.25) is 12.6 Å². The fourth-order valence-electron chi connectivity index (χ4n) is 4.32. The first kappa shape index (κ1) is 30.1. The molecule has 2 saturated heterocycles. The molecule has 0 saturated carbocycles. The molecule has 0 spiro atoms. The number of aliphatic hydroxyl groups is 8. The summed E-state index contributed by atoms with van der Waals surface area (Å²) >= 11 is 0. The molecule has 40 heavy (non-hydrogen) atoms. The molecule has 0 amide bonds. The van der Waals surface area contributed by atoms with Crippen molar-refractivity contribution >= 4 is 12.2 Å². The zero-order chi connectivity index (χ0) is 29.0. The lowest BCUT2D eigenvalue weighted by atomic mass is 9.99. The maximum atomic E-state index is 10.3. The van der Waals surface area contributed by atoms with Gasteiger partial charge in [-0.2, -0.15) is 0 Å². The van der Waals surface area contributed by atoms with Crippen molar-refractivity contribution in [1.29, 1.82) is 0 Å². The Morgan fingerprint density at radius 3 is 1.57 bits per heavy atom. The van der Waals surface area contributed by atoms with E-state index >= 15 is 0 Å². The first-order valence-electron chi connectivity index (χ1n) is 12.6. The van der Waals surface area contributed by atoms with E-state index in [0.29, 0.717) is 17.1 Å². The standard InChI is InChI=1S/C27H34O13/c1-36-16-8-14(9-17(10-16)38-27-25(35)23(33)21(31)19(12-29)40-27)3-2-13-4-6-15(7-5-13)37-26-24(34)22(32)20(30)18(11-28)39-26/h2-10,18-35H,11-12H2,1H3. The molecule has 13 heteroatoms. The summed E-state index contributed by atoms with van der Waals surface area (Å²) in [6.07, 6.45) is -10.5. The van der Waals surface area contributed by atoms with Crippen LogP contribution in [0.3, 0.4) is 0 Å². The van der Waals surface area contributed by atoms with Crippen LogP contribution in [0.15, 0.2) is 42.5 Å². The smallest absolute Gasteiger partial charge is 0.229 e. The van der Waals surface area contributed by atoms with Crippen LogP contribution in [0.25, 0.3) is 12.2 Å². The van der Waals surface area contributed by atoms with Crippen LogP contribution in [0, 0.1) is 0 Å². The molecule has 0 aliphatic carbocycles. The van der Waals surface area contributed by atoms with Crippen LogP contribution < -0.4 is 14.2 Å². The highest BCUT2D eigenvalue weighted by Crippen LogP contribution is 2.29. The van der Waals surface area contributed by atoms with Crippen LogP contribution in [0.4, 0.5) is 0 Å². The summed E-state index contributed by atoms with van der Waals surface area (Å²) in [5, 5.41) is 78.9. The Morgan fingerprint density at radius 2 is 1.07 bits per heavy atom. The van der Waals surface area contributed by atoms with Crippen LogP contribution in [0.1, 0.15) is 11.1 Å². The lowest BCUT2D eigenvalue weighted by Gasteiger charge is -2.39. The predicted octanol–water partition coefficient (Wildman–Crippen LogP) is -1.78. The first-order valence-corrected chi connectivity index (χ1v) is 12.6. The van der Waals surface area contributed by atoms with E-state index in [1.165, 1.54) is 7.11 Å². The number of aliphatic hydroxyl groups excluding tert-OH is 8. The third kappa shape index (κ3) is 6.72. The molecule has 2 aromatic rings. The average Bonchev–Trinajstić information content (AvgIpc) is 2.97. The average molecular weight is 567 g/mol. The molecule has 2 fully saturated rings. The molecule has 10 unspecified atom stereocenters. The molecule has 0 aromatic heterocycles. The minimum Gasteiger partial charge on any atom is -0.497 e. The van der Waals surface area contributed by atoms with Crippen LogP contribution in [-0.2, 0) is 9.47 Å². The second kappa shape index (κ2) is 13.2. The molecular formula is C27H34O13. The van der Waals surface area contributed by atoms with E-state index < -0.39 is 74.6 Å². The highest BCUT2D eigenvalue weighted by atomic mass is 16.7. The number of methoxy groups -OCH3 is 1. The van der Waals surface area contributed by atoms with Gasteiger partial charge in [0.25, 0.3) is 0 Å². The molecule has 2 heterocycles. The lowest BCUT2D eigenvalue weighted by Crippen LogP contribution is -2.60. The van der Waals surface area contributed by atoms with Gasteiger partial charge in [0.05, 0.1) is 20.3 Å². The largest absolute Gasteiger partial charge is 0.497 e. The lowest BCUT2D eigenvalue weighted by molar-refractivity contribution is -0.277. The van der Waals surface area contributed by atoms with Crippen molar-refractivity contribution in [3.05, 3.63) is 53.6 Å². The normalized spacial score (nSPS) is 34.5. The minimum absolute atomic E-state index is 0.242. The molecule has 2 aliphatic rings. The Balaban J connectivity index is 1.43. The van der Waals surface area contributed by atoms with Gasteiger partial charge in [0, 0.05) is 6.07 Å². The SMILES string of the molecule is COc1cc(C=Cc2ccc(OC3OC(CO)C(O)C(O)C3O)cc2)cc(OC2OC(CO)C(O)C(O)C2O)c1. The van der Waals surface area contributed by atoms with E-state index in [0.717, 1.165) is 5.56 Å². The summed E-state index contributed by atoms with van der Waals surface area (Å²) in [6, 6.07) is 11.6. The summed E-state index contributed by atoms with van der Waals surface area (Å²) in [5.74, 6) is 0.995. The van der Waals surface area contributed by atoms with Crippen molar-refractivity contribution in [2.45, 2.75) is 61.4 Å². The molecule has 2 aromatic carbocycles. The fourth-order valence-corrected chi connectivity index (χ4v) is 4.32. The van der Waals surface area contributed by atoms with E-state index in [1.54, 1.807) is 54.6 Å². The van der Waals surface area contributed by atoms with E-state index in [4.69, 9.17) is 23.7 Å². The van der Waals surface area contributed by atoms with Crippen LogP contribution >= 0.6 is 0 Å². The van der Waals surface area contributed by atoms with Gasteiger partial charge in [-0.15, -0.1) is 0 Å². The summed E-state index contributed by atoms with van der Waals surface area (Å²) in [6.45, 7) is -1.14. The molecule has 0 radical (unpaired) electrons. The van der Waals surface area contributed by atoms with Gasteiger partial charge in [-0.3, -0.25) is 0 Å². The highest BCUT2D eigenvalue weighted by Gasteiger charge is 2.45. The van der Waals surface area contributed by atoms with Crippen molar-refractivity contribution in [3.63, 3.8) is 0 Å². The van der Waals surface area contributed by atoms with E-state index in [-0.39, 0.29) is 5.75 Å². The molecular weight excluding hydrogens is 532 g/mol. The second-order valence-corrected chi connectivity index (χ2v) is 9.47. The summed E-state index contributed by atoms with van der Waals surface area (Å²) in [4.78, 5) is 0. The Labute approximate surface area is 229 Å². The first-order chi connectivity index (χ1) is 19.1. The maximum absolute atomic E-state index is 10.3. The van der Waals surface area contributed by atoms with Gasteiger partial charge in [-0.25, -0.2) is 0 Å². The predicted molar refractivity (Wildman–Crippen MR) is 137 cm³/mol. The van der Waals surface area contributed by atoms with Crippen molar-refractivity contribution in [3.8, 4) is 17.2 Å². The number of hydrogen-bond donors (Lipinski definition) is 8. The van der Waals surface area contributed by atoms with Gasteiger partial charge in [-0.1, -0.05) is 24.3 Å². The molecule has 13 nitrogen and oxygen atoms in total. The molecule has 0 bridgehead atoms. The van der Waals surface area contributed by atoms with Crippen LogP contribution in [0.2, 0.25) is 0 Å². The molecule has 220 valence electrons.